The minimum atomic E-state index is -3.65. The molecule has 5 rings (SSSR count). The highest BCUT2D eigenvalue weighted by atomic mass is 35.5. The summed E-state index contributed by atoms with van der Waals surface area (Å²) in [5, 5.41) is 0.616. The fourth-order valence-corrected chi connectivity index (χ4v) is 6.44. The average Bonchev–Trinajstić information content (AvgIpc) is 3.47. The Morgan fingerprint density at radius 3 is 2.43 bits per heavy atom. The quantitative estimate of drug-likeness (QED) is 0.670. The van der Waals surface area contributed by atoms with Crippen molar-refractivity contribution in [3.63, 3.8) is 0 Å². The van der Waals surface area contributed by atoms with Gasteiger partial charge >= 0.3 is 0 Å². The van der Waals surface area contributed by atoms with Crippen LogP contribution in [0.4, 0.5) is 0 Å². The molecule has 0 bridgehead atoms. The summed E-state index contributed by atoms with van der Waals surface area (Å²) in [6.45, 7) is 2.25. The molecule has 10 heteroatoms. The van der Waals surface area contributed by atoms with Crippen LogP contribution in [-0.2, 0) is 10.0 Å². The fraction of sp³-hybridized carbons (Fsp3) is 0.500. The molecule has 160 valence electrons. The third-order valence-corrected chi connectivity index (χ3v) is 8.22. The summed E-state index contributed by atoms with van der Waals surface area (Å²) >= 11 is 12.0. The maximum Gasteiger partial charge on any atom is 0.243 e. The molecule has 2 atom stereocenters. The molecule has 1 saturated carbocycles. The van der Waals surface area contributed by atoms with Crippen LogP contribution in [0.5, 0.6) is 5.88 Å². The van der Waals surface area contributed by atoms with Gasteiger partial charge < -0.3 is 4.74 Å². The van der Waals surface area contributed by atoms with Crippen molar-refractivity contribution in [2.75, 3.05) is 26.2 Å². The molecule has 0 radical (unpaired) electrons. The van der Waals surface area contributed by atoms with E-state index in [2.05, 4.69) is 14.9 Å². The molecular formula is C20H22Cl2N4O3S. The lowest BCUT2D eigenvalue weighted by Crippen LogP contribution is -2.51. The molecular weight excluding hydrogens is 447 g/mol. The zero-order valence-electron chi connectivity index (χ0n) is 16.2. The second-order valence-corrected chi connectivity index (χ2v) is 11.0. The Hall–Kier alpha value is -1.45. The van der Waals surface area contributed by atoms with Crippen LogP contribution < -0.4 is 4.74 Å². The minimum Gasteiger partial charge on any atom is -0.472 e. The molecule has 7 nitrogen and oxygen atoms in total. The smallest absolute Gasteiger partial charge is 0.243 e. The van der Waals surface area contributed by atoms with Crippen LogP contribution in [0.3, 0.4) is 0 Å². The van der Waals surface area contributed by atoms with Crippen molar-refractivity contribution >= 4 is 33.2 Å². The number of ether oxygens (including phenoxy) is 1. The summed E-state index contributed by atoms with van der Waals surface area (Å²) in [6, 6.07) is 4.52. The van der Waals surface area contributed by atoms with Crippen LogP contribution in [-0.4, -0.2) is 65.9 Å². The lowest BCUT2D eigenvalue weighted by atomic mass is 10.2. The molecule has 0 unspecified atom stereocenters. The van der Waals surface area contributed by atoms with E-state index in [1.54, 1.807) is 12.4 Å². The van der Waals surface area contributed by atoms with E-state index in [9.17, 15) is 8.42 Å². The molecule has 2 aliphatic heterocycles. The van der Waals surface area contributed by atoms with E-state index < -0.39 is 10.0 Å². The van der Waals surface area contributed by atoms with E-state index in [-0.39, 0.29) is 17.0 Å². The van der Waals surface area contributed by atoms with Crippen LogP contribution in [0.25, 0.3) is 0 Å². The number of aromatic nitrogens is 2. The van der Waals surface area contributed by atoms with Gasteiger partial charge in [0, 0.05) is 54.6 Å². The number of hydrogen-bond acceptors (Lipinski definition) is 6. The fourth-order valence-electron chi connectivity index (χ4n) is 4.25. The van der Waals surface area contributed by atoms with Gasteiger partial charge in [0.05, 0.1) is 23.0 Å². The standard InChI is InChI=1S/C20H22Cl2N4O3S/c21-14-5-15(22)7-18(6-14)30(27,28)26-4-3-25-12-17(8-16(25)11-26)29-20-10-23-19(9-24-20)13-1-2-13/h5-7,9-10,13,16-17H,1-4,8,11-12H2/t16-,17+/m0/s1. The molecule has 0 spiro atoms. The van der Waals surface area contributed by atoms with Crippen LogP contribution in [0.2, 0.25) is 10.0 Å². The highest BCUT2D eigenvalue weighted by molar-refractivity contribution is 7.89. The summed E-state index contributed by atoms with van der Waals surface area (Å²) in [4.78, 5) is 11.3. The number of fused-ring (bicyclic) bond motifs is 1. The average molecular weight is 469 g/mol. The summed E-state index contributed by atoms with van der Waals surface area (Å²) in [5.41, 5.74) is 1.04. The van der Waals surface area contributed by atoms with Gasteiger partial charge in [-0.05, 0) is 31.0 Å². The minimum absolute atomic E-state index is 0.0284. The Bertz CT molecular complexity index is 1030. The number of sulfonamides is 1. The number of rotatable bonds is 5. The van der Waals surface area contributed by atoms with Gasteiger partial charge in [0.2, 0.25) is 15.9 Å². The van der Waals surface area contributed by atoms with E-state index in [0.29, 0.717) is 41.5 Å². The monoisotopic (exact) mass is 468 g/mol. The van der Waals surface area contributed by atoms with Crippen LogP contribution >= 0.6 is 23.2 Å². The van der Waals surface area contributed by atoms with E-state index in [4.69, 9.17) is 27.9 Å². The predicted octanol–water partition coefficient (Wildman–Crippen LogP) is 3.19. The van der Waals surface area contributed by atoms with Crippen molar-refractivity contribution in [1.29, 1.82) is 0 Å². The zero-order valence-corrected chi connectivity index (χ0v) is 18.6. The van der Waals surface area contributed by atoms with Gasteiger partial charge in [-0.2, -0.15) is 4.31 Å². The molecule has 2 saturated heterocycles. The first kappa shape index (κ1) is 20.5. The van der Waals surface area contributed by atoms with Gasteiger partial charge in [-0.25, -0.2) is 13.4 Å². The van der Waals surface area contributed by atoms with E-state index in [0.717, 1.165) is 18.7 Å². The Kier molecular flexibility index (Phi) is 5.39. The molecule has 0 amide bonds. The summed E-state index contributed by atoms with van der Waals surface area (Å²) in [6.07, 6.45) is 6.60. The van der Waals surface area contributed by atoms with E-state index >= 15 is 0 Å². The van der Waals surface area contributed by atoms with Gasteiger partial charge in [-0.1, -0.05) is 23.2 Å². The molecule has 3 aliphatic rings. The largest absolute Gasteiger partial charge is 0.472 e. The number of benzene rings is 1. The first-order chi connectivity index (χ1) is 14.4. The zero-order chi connectivity index (χ0) is 20.9. The van der Waals surface area contributed by atoms with Crippen molar-refractivity contribution in [1.82, 2.24) is 19.2 Å². The van der Waals surface area contributed by atoms with Gasteiger partial charge in [0.25, 0.3) is 0 Å². The van der Waals surface area contributed by atoms with Gasteiger partial charge in [0.15, 0.2) is 0 Å². The highest BCUT2D eigenvalue weighted by Gasteiger charge is 2.41. The summed E-state index contributed by atoms with van der Waals surface area (Å²) in [5.74, 6) is 1.09. The third kappa shape index (κ3) is 4.16. The second-order valence-electron chi connectivity index (χ2n) is 8.15. The normalized spacial score (nSPS) is 25.3. The highest BCUT2D eigenvalue weighted by Crippen LogP contribution is 2.38. The molecule has 3 fully saturated rings. The Morgan fingerprint density at radius 1 is 1.00 bits per heavy atom. The molecule has 1 aromatic heterocycles. The molecule has 2 aromatic rings. The molecule has 1 aromatic carbocycles. The first-order valence-corrected chi connectivity index (χ1v) is 12.3. The number of nitrogens with zero attached hydrogens (tertiary/aromatic N) is 4. The van der Waals surface area contributed by atoms with Crippen molar-refractivity contribution in [2.45, 2.75) is 42.2 Å². The molecule has 1 aliphatic carbocycles. The lowest BCUT2D eigenvalue weighted by Gasteiger charge is -2.36. The van der Waals surface area contributed by atoms with Gasteiger partial charge in [-0.3, -0.25) is 9.88 Å². The number of piperazine rings is 1. The van der Waals surface area contributed by atoms with Crippen molar-refractivity contribution in [3.8, 4) is 5.88 Å². The van der Waals surface area contributed by atoms with Crippen molar-refractivity contribution in [3.05, 3.63) is 46.3 Å². The third-order valence-electron chi connectivity index (χ3n) is 5.95. The topological polar surface area (TPSA) is 75.6 Å². The van der Waals surface area contributed by atoms with Crippen LogP contribution in [0, 0.1) is 0 Å². The summed E-state index contributed by atoms with van der Waals surface area (Å²) in [7, 11) is -3.65. The number of hydrogen-bond donors (Lipinski definition) is 0. The summed E-state index contributed by atoms with van der Waals surface area (Å²) < 4.78 is 33.7. The maximum atomic E-state index is 13.1. The van der Waals surface area contributed by atoms with E-state index in [1.165, 1.54) is 35.3 Å². The Labute approximate surface area is 186 Å². The van der Waals surface area contributed by atoms with Gasteiger partial charge in [0.1, 0.15) is 6.10 Å². The molecule has 3 heterocycles. The predicted molar refractivity (Wildman–Crippen MR) is 114 cm³/mol. The Balaban J connectivity index is 1.24. The number of halogens is 2. The van der Waals surface area contributed by atoms with E-state index in [1.807, 2.05) is 0 Å². The van der Waals surface area contributed by atoms with Crippen LogP contribution in [0.1, 0.15) is 30.9 Å². The van der Waals surface area contributed by atoms with Crippen molar-refractivity contribution in [2.24, 2.45) is 0 Å². The molecule has 0 N–H and O–H groups in total. The molecule has 30 heavy (non-hydrogen) atoms. The maximum absolute atomic E-state index is 13.1. The second kappa shape index (κ2) is 7.91. The van der Waals surface area contributed by atoms with Crippen molar-refractivity contribution < 1.29 is 13.2 Å². The Morgan fingerprint density at radius 2 is 1.77 bits per heavy atom. The van der Waals surface area contributed by atoms with Crippen LogP contribution in [0.15, 0.2) is 35.5 Å². The lowest BCUT2D eigenvalue weighted by molar-refractivity contribution is 0.151. The SMILES string of the molecule is O=S(=O)(c1cc(Cl)cc(Cl)c1)N1CCN2C[C@H](Oc3cnc(C4CC4)cn3)C[C@H]2C1. The first-order valence-electron chi connectivity index (χ1n) is 10.1. The van der Waals surface area contributed by atoms with Gasteiger partial charge in [-0.15, -0.1) is 0 Å².